The van der Waals surface area contributed by atoms with Gasteiger partial charge in [0.15, 0.2) is 0 Å². The zero-order chi connectivity index (χ0) is 14.7. The Bertz CT molecular complexity index is 419. The monoisotopic (exact) mass is 298 g/mol. The van der Waals surface area contributed by atoms with Crippen LogP contribution in [-0.4, -0.2) is 25.1 Å². The summed E-state index contributed by atoms with van der Waals surface area (Å²) in [5, 5.41) is 5.99. The number of ether oxygens (including phenoxy) is 1. The molecule has 1 fully saturated rings. The lowest BCUT2D eigenvalue weighted by Crippen LogP contribution is -2.67. The van der Waals surface area contributed by atoms with Gasteiger partial charge < -0.3 is 16.2 Å². The molecule has 2 aliphatic rings. The van der Waals surface area contributed by atoms with E-state index in [1.54, 1.807) is 7.11 Å². The van der Waals surface area contributed by atoms with E-state index < -0.39 is 0 Å². The van der Waals surface area contributed by atoms with Crippen LogP contribution >= 0.6 is 11.6 Å². The Labute approximate surface area is 125 Å². The molecule has 0 aromatic heterocycles. The third-order valence-corrected chi connectivity index (χ3v) is 4.29. The molecule has 0 radical (unpaired) electrons. The number of rotatable bonds is 1. The van der Waals surface area contributed by atoms with Crippen molar-refractivity contribution in [2.24, 2.45) is 29.2 Å². The van der Waals surface area contributed by atoms with Crippen molar-refractivity contribution in [2.45, 2.75) is 37.7 Å². The SMILES string of the molecule is COC1=CC(C)C(C#CC2C(N)NC(N)NC2Cl)CC1. The molecule has 0 amide bonds. The summed E-state index contributed by atoms with van der Waals surface area (Å²) in [4.78, 5) is 0. The fourth-order valence-corrected chi connectivity index (χ4v) is 2.97. The topological polar surface area (TPSA) is 85.3 Å². The van der Waals surface area contributed by atoms with Crippen LogP contribution in [0.2, 0.25) is 0 Å². The predicted molar refractivity (Wildman–Crippen MR) is 80.1 cm³/mol. The van der Waals surface area contributed by atoms with Crippen LogP contribution in [0.3, 0.4) is 0 Å². The van der Waals surface area contributed by atoms with Crippen LogP contribution < -0.4 is 22.1 Å². The van der Waals surface area contributed by atoms with Crippen molar-refractivity contribution >= 4 is 11.6 Å². The molecule has 20 heavy (non-hydrogen) atoms. The van der Waals surface area contributed by atoms with E-state index in [1.165, 1.54) is 0 Å². The maximum Gasteiger partial charge on any atom is 0.111 e. The fraction of sp³-hybridized carbons (Fsp3) is 0.714. The highest BCUT2D eigenvalue weighted by Gasteiger charge is 2.31. The van der Waals surface area contributed by atoms with Gasteiger partial charge in [-0.1, -0.05) is 18.8 Å². The van der Waals surface area contributed by atoms with Gasteiger partial charge in [-0.25, -0.2) is 0 Å². The van der Waals surface area contributed by atoms with Crippen molar-refractivity contribution in [2.75, 3.05) is 7.11 Å². The summed E-state index contributed by atoms with van der Waals surface area (Å²) in [5.41, 5.74) is 11.4. The number of nitrogens with one attached hydrogen (secondary N) is 2. The van der Waals surface area contributed by atoms with Crippen molar-refractivity contribution in [3.05, 3.63) is 11.8 Å². The molecule has 6 N–H and O–H groups in total. The second-order valence-electron chi connectivity index (χ2n) is 5.39. The van der Waals surface area contributed by atoms with Gasteiger partial charge in [0.05, 0.1) is 25.0 Å². The standard InChI is InChI=1S/C14H23ClN4O/c1-8-7-10(20-2)5-3-9(8)4-6-11-12(15)18-14(17)19-13(11)16/h7-9,11-14,18-19H,3,5,16-17H2,1-2H3. The fourth-order valence-electron chi connectivity index (χ4n) is 2.61. The Morgan fingerprint density at radius 2 is 2.10 bits per heavy atom. The number of hydrogen-bond donors (Lipinski definition) is 4. The van der Waals surface area contributed by atoms with E-state index >= 15 is 0 Å². The normalized spacial score (nSPS) is 41.4. The minimum absolute atomic E-state index is 0.156. The van der Waals surface area contributed by atoms with E-state index in [2.05, 4.69) is 35.5 Å². The lowest BCUT2D eigenvalue weighted by atomic mass is 9.84. The first kappa shape index (κ1) is 15.6. The minimum Gasteiger partial charge on any atom is -0.501 e. The molecule has 0 aromatic carbocycles. The van der Waals surface area contributed by atoms with Gasteiger partial charge in [-0.15, -0.1) is 11.6 Å². The molecule has 6 heteroatoms. The van der Waals surface area contributed by atoms with Gasteiger partial charge in [-0.2, -0.15) is 0 Å². The summed E-state index contributed by atoms with van der Waals surface area (Å²) in [5.74, 6) is 8.14. The molecule has 5 nitrogen and oxygen atoms in total. The van der Waals surface area contributed by atoms with Gasteiger partial charge in [-0.05, 0) is 18.4 Å². The quantitative estimate of drug-likeness (QED) is 0.321. The molecule has 0 saturated carbocycles. The molecule has 1 aliphatic carbocycles. The van der Waals surface area contributed by atoms with Crippen molar-refractivity contribution in [1.82, 2.24) is 10.6 Å². The molecule has 1 aliphatic heterocycles. The van der Waals surface area contributed by atoms with Crippen LogP contribution in [0.1, 0.15) is 19.8 Å². The van der Waals surface area contributed by atoms with Gasteiger partial charge in [0.25, 0.3) is 0 Å². The molecule has 6 atom stereocenters. The van der Waals surface area contributed by atoms with Crippen molar-refractivity contribution in [3.8, 4) is 11.8 Å². The third kappa shape index (κ3) is 3.66. The molecule has 6 unspecified atom stereocenters. The smallest absolute Gasteiger partial charge is 0.111 e. The minimum atomic E-state index is -0.383. The van der Waals surface area contributed by atoms with Crippen molar-refractivity contribution < 1.29 is 4.74 Å². The highest BCUT2D eigenvalue weighted by molar-refractivity contribution is 6.20. The van der Waals surface area contributed by atoms with Gasteiger partial charge in [-0.3, -0.25) is 10.6 Å². The molecule has 2 rings (SSSR count). The molecule has 0 bridgehead atoms. The molecule has 1 saturated heterocycles. The van der Waals surface area contributed by atoms with Gasteiger partial charge in [0, 0.05) is 12.3 Å². The van der Waals surface area contributed by atoms with Gasteiger partial charge >= 0.3 is 0 Å². The maximum absolute atomic E-state index is 6.23. The molecule has 1 heterocycles. The van der Waals surface area contributed by atoms with Crippen LogP contribution in [0.25, 0.3) is 0 Å². The van der Waals surface area contributed by atoms with Crippen LogP contribution in [0, 0.1) is 29.6 Å². The summed E-state index contributed by atoms with van der Waals surface area (Å²) in [6.07, 6.45) is 3.39. The summed E-state index contributed by atoms with van der Waals surface area (Å²) in [6, 6.07) is 0. The molecular weight excluding hydrogens is 276 g/mol. The van der Waals surface area contributed by atoms with Crippen LogP contribution in [0.15, 0.2) is 11.8 Å². The first-order valence-corrected chi connectivity index (χ1v) is 7.38. The first-order chi connectivity index (χ1) is 9.51. The highest BCUT2D eigenvalue weighted by Crippen LogP contribution is 2.28. The summed E-state index contributed by atoms with van der Waals surface area (Å²) >= 11 is 6.23. The zero-order valence-electron chi connectivity index (χ0n) is 11.9. The predicted octanol–water partition coefficient (Wildman–Crippen LogP) is 0.467. The maximum atomic E-state index is 6.23. The number of hydrogen-bond acceptors (Lipinski definition) is 5. The van der Waals surface area contributed by atoms with Crippen molar-refractivity contribution in [1.29, 1.82) is 0 Å². The van der Waals surface area contributed by atoms with Crippen molar-refractivity contribution in [3.63, 3.8) is 0 Å². The summed E-state index contributed by atoms with van der Waals surface area (Å²) in [6.45, 7) is 2.16. The van der Waals surface area contributed by atoms with Crippen LogP contribution in [0.4, 0.5) is 0 Å². The van der Waals surface area contributed by atoms with Crippen LogP contribution in [-0.2, 0) is 4.74 Å². The van der Waals surface area contributed by atoms with E-state index in [9.17, 15) is 0 Å². The summed E-state index contributed by atoms with van der Waals surface area (Å²) in [7, 11) is 1.71. The Morgan fingerprint density at radius 1 is 1.35 bits per heavy atom. The van der Waals surface area contributed by atoms with E-state index in [0.717, 1.165) is 18.6 Å². The largest absolute Gasteiger partial charge is 0.501 e. The molecular formula is C14H23ClN4O. The second-order valence-corrected chi connectivity index (χ2v) is 5.86. The van der Waals surface area contributed by atoms with E-state index in [0.29, 0.717) is 11.8 Å². The molecule has 0 spiro atoms. The first-order valence-electron chi connectivity index (χ1n) is 6.94. The van der Waals surface area contributed by atoms with Crippen LogP contribution in [0.5, 0.6) is 0 Å². The summed E-state index contributed by atoms with van der Waals surface area (Å²) < 4.78 is 5.29. The van der Waals surface area contributed by atoms with E-state index in [-0.39, 0.29) is 23.9 Å². The lowest BCUT2D eigenvalue weighted by molar-refractivity contribution is 0.244. The van der Waals surface area contributed by atoms with Gasteiger partial charge in [0.2, 0.25) is 0 Å². The number of alkyl halides is 1. The highest BCUT2D eigenvalue weighted by atomic mass is 35.5. The second kappa shape index (κ2) is 6.79. The molecule has 0 aromatic rings. The number of methoxy groups -OCH3 is 1. The Balaban J connectivity index is 2.02. The lowest BCUT2D eigenvalue weighted by Gasteiger charge is -2.35. The average Bonchev–Trinajstić information content (AvgIpc) is 2.39. The Morgan fingerprint density at radius 3 is 2.70 bits per heavy atom. The van der Waals surface area contributed by atoms with E-state index in [4.69, 9.17) is 27.8 Å². The zero-order valence-corrected chi connectivity index (χ0v) is 12.7. The molecule has 112 valence electrons. The third-order valence-electron chi connectivity index (χ3n) is 3.90. The van der Waals surface area contributed by atoms with E-state index in [1.807, 2.05) is 0 Å². The Kier molecular flexibility index (Phi) is 5.30. The number of halogens is 1. The number of nitrogens with two attached hydrogens (primary N) is 2. The Hall–Kier alpha value is -0.770. The average molecular weight is 299 g/mol. The van der Waals surface area contributed by atoms with Gasteiger partial charge in [0.1, 0.15) is 11.8 Å². The number of allylic oxidation sites excluding steroid dienone is 2.